The molecule has 8 heteroatoms. The number of hydrogen-bond acceptors (Lipinski definition) is 5. The fourth-order valence-corrected chi connectivity index (χ4v) is 2.00. The molecule has 0 radical (unpaired) electrons. The van der Waals surface area contributed by atoms with Crippen LogP contribution in [0.3, 0.4) is 0 Å². The Kier molecular flexibility index (Phi) is 3.73. The van der Waals surface area contributed by atoms with Gasteiger partial charge in [0.25, 0.3) is 5.91 Å². The molecule has 1 saturated heterocycles. The minimum Gasteiger partial charge on any atom is -0.462 e. The maximum Gasteiger partial charge on any atom is 0.341 e. The molecule has 0 saturated carbocycles. The van der Waals surface area contributed by atoms with E-state index in [1.54, 1.807) is 21.0 Å². The number of urea groups is 1. The molecule has 1 aliphatic heterocycles. The fraction of sp³-hybridized carbons (Fsp3) is 0.500. The van der Waals surface area contributed by atoms with E-state index >= 15 is 0 Å². The van der Waals surface area contributed by atoms with E-state index in [0.29, 0.717) is 5.69 Å². The van der Waals surface area contributed by atoms with Crippen molar-refractivity contribution in [1.29, 1.82) is 0 Å². The lowest BCUT2D eigenvalue weighted by Gasteiger charge is -2.15. The summed E-state index contributed by atoms with van der Waals surface area (Å²) < 4.78 is 6.39. The van der Waals surface area contributed by atoms with Crippen molar-refractivity contribution in [2.75, 3.05) is 20.2 Å². The number of imide groups is 1. The predicted octanol–water partition coefficient (Wildman–Crippen LogP) is -0.00920. The number of nitrogens with zero attached hydrogens (tertiary/aromatic N) is 4. The summed E-state index contributed by atoms with van der Waals surface area (Å²) in [5, 5.41) is 3.98. The quantitative estimate of drug-likeness (QED) is 0.572. The molecular weight excluding hydrogens is 264 g/mol. The van der Waals surface area contributed by atoms with Crippen LogP contribution in [-0.4, -0.2) is 57.7 Å². The third-order valence-corrected chi connectivity index (χ3v) is 3.10. The van der Waals surface area contributed by atoms with Gasteiger partial charge < -0.3 is 9.64 Å². The lowest BCUT2D eigenvalue weighted by atomic mass is 10.2. The van der Waals surface area contributed by atoms with Gasteiger partial charge in [-0.05, 0) is 6.92 Å². The summed E-state index contributed by atoms with van der Waals surface area (Å²) in [6.07, 6.45) is 1.38. The molecule has 8 nitrogen and oxygen atoms in total. The van der Waals surface area contributed by atoms with Crippen molar-refractivity contribution < 1.29 is 19.1 Å². The number of aryl methyl sites for hydroxylation is 1. The summed E-state index contributed by atoms with van der Waals surface area (Å²) in [7, 11) is 3.20. The van der Waals surface area contributed by atoms with Crippen LogP contribution in [0, 0.1) is 0 Å². The first kappa shape index (κ1) is 14.0. The van der Waals surface area contributed by atoms with E-state index in [1.807, 2.05) is 0 Å². The molecule has 1 aromatic rings. The average Bonchev–Trinajstić information content (AvgIpc) is 2.86. The number of likely N-dealkylation sites (N-methyl/N-ethyl adjacent to an activating group) is 1. The summed E-state index contributed by atoms with van der Waals surface area (Å²) in [4.78, 5) is 37.8. The summed E-state index contributed by atoms with van der Waals surface area (Å²) in [5.41, 5.74) is 0.741. The van der Waals surface area contributed by atoms with Gasteiger partial charge in [0, 0.05) is 14.1 Å². The average molecular weight is 280 g/mol. The summed E-state index contributed by atoms with van der Waals surface area (Å²) >= 11 is 0. The highest BCUT2D eigenvalue weighted by molar-refractivity contribution is 6.02. The monoisotopic (exact) mass is 280 g/mol. The van der Waals surface area contributed by atoms with E-state index < -0.39 is 5.97 Å². The first-order chi connectivity index (χ1) is 9.45. The number of carbonyl (C=O) groups is 3. The number of aromatic nitrogens is 2. The van der Waals surface area contributed by atoms with E-state index in [1.165, 1.54) is 15.8 Å². The molecule has 108 valence electrons. The second-order valence-corrected chi connectivity index (χ2v) is 4.47. The molecule has 0 aromatic carbocycles. The molecule has 1 fully saturated rings. The summed E-state index contributed by atoms with van der Waals surface area (Å²) in [5.74, 6) is -0.809. The summed E-state index contributed by atoms with van der Waals surface area (Å²) in [6, 6.07) is -0.383. The van der Waals surface area contributed by atoms with Crippen LogP contribution in [0.1, 0.15) is 23.0 Å². The van der Waals surface area contributed by atoms with Crippen molar-refractivity contribution in [3.63, 3.8) is 0 Å². The molecule has 3 amide bonds. The molecule has 20 heavy (non-hydrogen) atoms. The number of rotatable bonds is 4. The van der Waals surface area contributed by atoms with E-state index in [2.05, 4.69) is 5.10 Å². The zero-order valence-electron chi connectivity index (χ0n) is 11.6. The Hall–Kier alpha value is -2.38. The minimum absolute atomic E-state index is 0.00660. The molecule has 2 rings (SSSR count). The highest BCUT2D eigenvalue weighted by Gasteiger charge is 2.35. The standard InChI is InChI=1S/C12H16N4O4/c1-4-20-11(18)8-5-13-15(3)9(8)6-16-10(17)7-14(2)12(16)19/h5H,4,6-7H2,1-3H3. The summed E-state index contributed by atoms with van der Waals surface area (Å²) in [6.45, 7) is 2.01. The third-order valence-electron chi connectivity index (χ3n) is 3.10. The maximum absolute atomic E-state index is 11.8. The number of carbonyl (C=O) groups excluding carboxylic acids is 3. The van der Waals surface area contributed by atoms with Gasteiger partial charge in [0.05, 0.1) is 25.0 Å². The molecule has 0 spiro atoms. The zero-order chi connectivity index (χ0) is 14.9. The molecule has 1 aliphatic rings. The second-order valence-electron chi connectivity index (χ2n) is 4.47. The highest BCUT2D eigenvalue weighted by Crippen LogP contribution is 2.16. The van der Waals surface area contributed by atoms with Gasteiger partial charge in [-0.1, -0.05) is 0 Å². The predicted molar refractivity (Wildman–Crippen MR) is 67.7 cm³/mol. The number of hydrogen-bond donors (Lipinski definition) is 0. The van der Waals surface area contributed by atoms with Crippen LogP contribution in [0.15, 0.2) is 6.20 Å². The van der Waals surface area contributed by atoms with Crippen LogP contribution in [0.25, 0.3) is 0 Å². The van der Waals surface area contributed by atoms with Gasteiger partial charge in [0.2, 0.25) is 0 Å². The van der Waals surface area contributed by atoms with Gasteiger partial charge in [0.1, 0.15) is 12.1 Å². The van der Waals surface area contributed by atoms with Crippen molar-refractivity contribution >= 4 is 17.9 Å². The van der Waals surface area contributed by atoms with Gasteiger partial charge in [-0.15, -0.1) is 0 Å². The Morgan fingerprint density at radius 2 is 2.10 bits per heavy atom. The van der Waals surface area contributed by atoms with Crippen molar-refractivity contribution in [2.45, 2.75) is 13.5 Å². The zero-order valence-corrected chi connectivity index (χ0v) is 11.6. The minimum atomic E-state index is -0.511. The van der Waals surface area contributed by atoms with Gasteiger partial charge in [0.15, 0.2) is 0 Å². The van der Waals surface area contributed by atoms with Crippen LogP contribution < -0.4 is 0 Å². The van der Waals surface area contributed by atoms with Crippen LogP contribution in [0.4, 0.5) is 4.79 Å². The Balaban J connectivity index is 2.25. The third kappa shape index (κ3) is 2.36. The first-order valence-electron chi connectivity index (χ1n) is 6.19. The SMILES string of the molecule is CCOC(=O)c1cnn(C)c1CN1C(=O)CN(C)C1=O. The number of esters is 1. The first-order valence-corrected chi connectivity index (χ1v) is 6.19. The molecule has 0 unspecified atom stereocenters. The normalized spacial score (nSPS) is 15.2. The van der Waals surface area contributed by atoms with Crippen LogP contribution in [0.2, 0.25) is 0 Å². The van der Waals surface area contributed by atoms with Crippen LogP contribution in [-0.2, 0) is 23.1 Å². The van der Waals surface area contributed by atoms with Gasteiger partial charge in [-0.2, -0.15) is 5.10 Å². The van der Waals surface area contributed by atoms with Crippen molar-refractivity contribution in [3.05, 3.63) is 17.5 Å². The molecule has 0 bridgehead atoms. The smallest absolute Gasteiger partial charge is 0.341 e. The maximum atomic E-state index is 11.8. The van der Waals surface area contributed by atoms with E-state index in [9.17, 15) is 14.4 Å². The van der Waals surface area contributed by atoms with E-state index in [-0.39, 0.29) is 37.2 Å². The Bertz CT molecular complexity index is 566. The molecular formula is C12H16N4O4. The molecule has 0 aliphatic carbocycles. The molecule has 0 N–H and O–H groups in total. The fourth-order valence-electron chi connectivity index (χ4n) is 2.00. The van der Waals surface area contributed by atoms with E-state index in [0.717, 1.165) is 4.90 Å². The highest BCUT2D eigenvalue weighted by atomic mass is 16.5. The lowest BCUT2D eigenvalue weighted by molar-refractivity contribution is -0.125. The van der Waals surface area contributed by atoms with Crippen molar-refractivity contribution in [2.24, 2.45) is 7.05 Å². The van der Waals surface area contributed by atoms with E-state index in [4.69, 9.17) is 4.74 Å². The van der Waals surface area contributed by atoms with Gasteiger partial charge in [-0.25, -0.2) is 9.59 Å². The second kappa shape index (κ2) is 5.32. The largest absolute Gasteiger partial charge is 0.462 e. The van der Waals surface area contributed by atoms with Crippen LogP contribution >= 0.6 is 0 Å². The topological polar surface area (TPSA) is 84.7 Å². The Morgan fingerprint density at radius 3 is 2.65 bits per heavy atom. The van der Waals surface area contributed by atoms with Gasteiger partial charge in [-0.3, -0.25) is 14.4 Å². The van der Waals surface area contributed by atoms with Crippen LogP contribution in [0.5, 0.6) is 0 Å². The lowest BCUT2D eigenvalue weighted by Crippen LogP contribution is -2.32. The van der Waals surface area contributed by atoms with Gasteiger partial charge >= 0.3 is 12.0 Å². The molecule has 1 aromatic heterocycles. The Morgan fingerprint density at radius 1 is 1.40 bits per heavy atom. The van der Waals surface area contributed by atoms with Crippen molar-refractivity contribution in [3.8, 4) is 0 Å². The Labute approximate surface area is 115 Å². The van der Waals surface area contributed by atoms with Crippen molar-refractivity contribution in [1.82, 2.24) is 19.6 Å². The molecule has 0 atom stereocenters. The number of ether oxygens (including phenoxy) is 1. The molecule has 2 heterocycles. The number of amides is 3.